The first-order valence-electron chi connectivity index (χ1n) is 10.3. The summed E-state index contributed by atoms with van der Waals surface area (Å²) in [5.74, 6) is -0.844. The number of fused-ring (bicyclic) bond motifs is 3. The fraction of sp³-hybridized carbons (Fsp3) is 0.818. The largest absolute Gasteiger partial charge is 0.462 e. The Kier molecular flexibility index (Phi) is 4.01. The molecule has 0 unspecified atom stereocenters. The molecule has 150 valence electrons. The summed E-state index contributed by atoms with van der Waals surface area (Å²) in [6, 6.07) is 0. The van der Waals surface area contributed by atoms with Crippen LogP contribution in [0.3, 0.4) is 0 Å². The molecule has 4 saturated carbocycles. The molecule has 0 amide bonds. The molecular weight excluding hydrogens is 344 g/mol. The second kappa shape index (κ2) is 5.66. The van der Waals surface area contributed by atoms with Crippen LogP contribution >= 0.6 is 0 Å². The molecule has 0 aliphatic heterocycles. The van der Waals surface area contributed by atoms with Gasteiger partial charge in [0.2, 0.25) is 0 Å². The Morgan fingerprint density at radius 1 is 1.15 bits per heavy atom. The average molecular weight is 376 g/mol. The maximum atomic E-state index is 13.3. The van der Waals surface area contributed by atoms with Crippen LogP contribution in [-0.4, -0.2) is 40.3 Å². The number of aliphatic hydroxyl groups excluding tert-OH is 2. The van der Waals surface area contributed by atoms with E-state index in [4.69, 9.17) is 4.74 Å². The van der Waals surface area contributed by atoms with Crippen molar-refractivity contribution in [2.24, 2.45) is 34.0 Å². The van der Waals surface area contributed by atoms with Gasteiger partial charge in [-0.05, 0) is 54.9 Å². The Bertz CT molecular complexity index is 711. The lowest BCUT2D eigenvalue weighted by atomic mass is 9.39. The van der Waals surface area contributed by atoms with Crippen molar-refractivity contribution >= 4 is 11.8 Å². The van der Waals surface area contributed by atoms with Crippen molar-refractivity contribution in [3.8, 4) is 0 Å². The molecule has 5 nitrogen and oxygen atoms in total. The number of carbonyl (C=O) groups excluding carboxylic acids is 2. The summed E-state index contributed by atoms with van der Waals surface area (Å²) >= 11 is 0. The monoisotopic (exact) mass is 376 g/mol. The van der Waals surface area contributed by atoms with Gasteiger partial charge in [0.25, 0.3) is 0 Å². The van der Waals surface area contributed by atoms with Crippen molar-refractivity contribution in [3.05, 3.63) is 12.2 Å². The van der Waals surface area contributed by atoms with Crippen molar-refractivity contribution < 1.29 is 24.5 Å². The van der Waals surface area contributed by atoms with Crippen molar-refractivity contribution in [3.63, 3.8) is 0 Å². The standard InChI is InChI=1S/C22H32O5/c1-11-13-6-7-14-21(5)15(10-16(24)22(14,18(11)25)19(13)26)20(3,4)9-8-17(21)27-12(2)23/h13-17,19,24,26H,1,6-10H2,2-5H3/t13-,14+,15-,16-,17-,19-,21+,22+/m1/s1. The first-order valence-corrected chi connectivity index (χ1v) is 10.3. The summed E-state index contributed by atoms with van der Waals surface area (Å²) in [5.41, 5.74) is -1.23. The lowest BCUT2D eigenvalue weighted by Gasteiger charge is -2.66. The van der Waals surface area contributed by atoms with E-state index in [0.29, 0.717) is 18.4 Å². The Hall–Kier alpha value is -1.20. The normalized spacial score (nSPS) is 50.7. The number of rotatable bonds is 1. The Labute approximate surface area is 161 Å². The van der Waals surface area contributed by atoms with Gasteiger partial charge in [-0.25, -0.2) is 0 Å². The molecule has 0 aromatic rings. The van der Waals surface area contributed by atoms with Crippen molar-refractivity contribution in [1.29, 1.82) is 0 Å². The van der Waals surface area contributed by atoms with E-state index in [9.17, 15) is 19.8 Å². The average Bonchev–Trinajstić information content (AvgIpc) is 2.68. The lowest BCUT2D eigenvalue weighted by Crippen LogP contribution is -2.70. The van der Waals surface area contributed by atoms with Gasteiger partial charge in [-0.1, -0.05) is 27.4 Å². The lowest BCUT2D eigenvalue weighted by molar-refractivity contribution is -0.255. The van der Waals surface area contributed by atoms with E-state index in [1.807, 2.05) is 0 Å². The fourth-order valence-electron chi connectivity index (χ4n) is 7.69. The maximum Gasteiger partial charge on any atom is 0.302 e. The van der Waals surface area contributed by atoms with E-state index in [1.165, 1.54) is 6.92 Å². The molecule has 0 saturated heterocycles. The molecule has 0 aromatic carbocycles. The molecule has 4 aliphatic rings. The van der Waals surface area contributed by atoms with E-state index in [1.54, 1.807) is 0 Å². The molecule has 27 heavy (non-hydrogen) atoms. The predicted octanol–water partition coefficient (Wildman–Crippen LogP) is 2.64. The number of esters is 1. The van der Waals surface area contributed by atoms with Gasteiger partial charge < -0.3 is 14.9 Å². The summed E-state index contributed by atoms with van der Waals surface area (Å²) < 4.78 is 5.81. The van der Waals surface area contributed by atoms with E-state index >= 15 is 0 Å². The van der Waals surface area contributed by atoms with Crippen LogP contribution in [0.2, 0.25) is 0 Å². The van der Waals surface area contributed by atoms with Gasteiger partial charge in [0, 0.05) is 18.3 Å². The summed E-state index contributed by atoms with van der Waals surface area (Å²) in [6.45, 7) is 11.9. The van der Waals surface area contributed by atoms with Crippen LogP contribution in [0.25, 0.3) is 0 Å². The first-order chi connectivity index (χ1) is 12.5. The van der Waals surface area contributed by atoms with Crippen LogP contribution in [0, 0.1) is 34.0 Å². The molecule has 4 aliphatic carbocycles. The van der Waals surface area contributed by atoms with Crippen molar-refractivity contribution in [2.45, 2.75) is 78.1 Å². The smallest absolute Gasteiger partial charge is 0.302 e. The van der Waals surface area contributed by atoms with Gasteiger partial charge in [-0.15, -0.1) is 0 Å². The van der Waals surface area contributed by atoms with Crippen LogP contribution in [0.1, 0.15) is 59.8 Å². The van der Waals surface area contributed by atoms with E-state index in [2.05, 4.69) is 27.4 Å². The van der Waals surface area contributed by atoms with Gasteiger partial charge in [-0.2, -0.15) is 0 Å². The molecule has 0 radical (unpaired) electrons. The zero-order valence-corrected chi connectivity index (χ0v) is 16.8. The Morgan fingerprint density at radius 3 is 2.44 bits per heavy atom. The van der Waals surface area contributed by atoms with Gasteiger partial charge in [0.05, 0.1) is 17.6 Å². The molecule has 4 rings (SSSR count). The molecule has 0 aromatic heterocycles. The minimum absolute atomic E-state index is 0.0333. The Balaban J connectivity index is 1.89. The third kappa shape index (κ3) is 2.13. The molecule has 8 atom stereocenters. The quantitative estimate of drug-likeness (QED) is 0.543. The highest BCUT2D eigenvalue weighted by Crippen LogP contribution is 2.71. The minimum atomic E-state index is -1.20. The second-order valence-corrected chi connectivity index (χ2v) is 10.3. The third-order valence-corrected chi connectivity index (χ3v) is 8.85. The molecule has 5 heteroatoms. The highest BCUT2D eigenvalue weighted by molar-refractivity contribution is 6.04. The molecule has 2 N–H and O–H groups in total. The number of carbonyl (C=O) groups is 2. The first kappa shape index (κ1) is 19.1. The van der Waals surface area contributed by atoms with E-state index < -0.39 is 23.0 Å². The maximum absolute atomic E-state index is 13.3. The van der Waals surface area contributed by atoms with Crippen LogP contribution in [0.4, 0.5) is 0 Å². The summed E-state index contributed by atoms with van der Waals surface area (Å²) in [4.78, 5) is 25.2. The summed E-state index contributed by atoms with van der Waals surface area (Å²) in [7, 11) is 0. The van der Waals surface area contributed by atoms with Crippen molar-refractivity contribution in [1.82, 2.24) is 0 Å². The summed E-state index contributed by atoms with van der Waals surface area (Å²) in [6.07, 6.45) is 1.45. The zero-order chi connectivity index (χ0) is 19.9. The van der Waals surface area contributed by atoms with E-state index in [-0.39, 0.29) is 41.0 Å². The molecule has 4 fully saturated rings. The van der Waals surface area contributed by atoms with Crippen LogP contribution < -0.4 is 0 Å². The summed E-state index contributed by atoms with van der Waals surface area (Å²) in [5, 5.41) is 22.4. The molecule has 1 spiro atoms. The third-order valence-electron chi connectivity index (χ3n) is 8.85. The van der Waals surface area contributed by atoms with Gasteiger partial charge in [0.15, 0.2) is 5.78 Å². The van der Waals surface area contributed by atoms with E-state index in [0.717, 1.165) is 19.3 Å². The van der Waals surface area contributed by atoms with Gasteiger partial charge in [-0.3, -0.25) is 9.59 Å². The number of hydrogen-bond donors (Lipinski definition) is 2. The number of ketones is 1. The number of Topliss-reactive ketones (excluding diaryl/α,β-unsaturated/α-hetero) is 1. The predicted molar refractivity (Wildman–Crippen MR) is 99.6 cm³/mol. The highest BCUT2D eigenvalue weighted by atomic mass is 16.5. The van der Waals surface area contributed by atoms with Crippen LogP contribution in [0.5, 0.6) is 0 Å². The highest BCUT2D eigenvalue weighted by Gasteiger charge is 2.75. The second-order valence-electron chi connectivity index (χ2n) is 10.3. The minimum Gasteiger partial charge on any atom is -0.462 e. The fourth-order valence-corrected chi connectivity index (χ4v) is 7.69. The van der Waals surface area contributed by atoms with Crippen molar-refractivity contribution in [2.75, 3.05) is 0 Å². The van der Waals surface area contributed by atoms with Gasteiger partial charge in [0.1, 0.15) is 6.10 Å². The Morgan fingerprint density at radius 2 is 1.81 bits per heavy atom. The molecule has 0 heterocycles. The molecule has 2 bridgehead atoms. The topological polar surface area (TPSA) is 83.8 Å². The SMILES string of the molecule is C=C1C(=O)[C@@]23[C@H](O)C[C@@H]4C(C)(C)CC[C@@H](OC(C)=O)[C@@]4(C)[C@@H]2CC[C@H]1[C@H]3O. The van der Waals surface area contributed by atoms with Crippen LogP contribution in [-0.2, 0) is 14.3 Å². The van der Waals surface area contributed by atoms with Crippen LogP contribution in [0.15, 0.2) is 12.2 Å². The number of hydrogen-bond acceptors (Lipinski definition) is 5. The number of aliphatic hydroxyl groups is 2. The number of ether oxygens (including phenoxy) is 1. The zero-order valence-electron chi connectivity index (χ0n) is 16.8. The molecular formula is C22H32O5. The van der Waals surface area contributed by atoms with Gasteiger partial charge >= 0.3 is 5.97 Å².